The lowest BCUT2D eigenvalue weighted by Gasteiger charge is -2.10. The lowest BCUT2D eigenvalue weighted by Crippen LogP contribution is -2.01. The van der Waals surface area contributed by atoms with Gasteiger partial charge in [0, 0.05) is 23.9 Å². The molecule has 0 fully saturated rings. The molecule has 3 nitrogen and oxygen atoms in total. The van der Waals surface area contributed by atoms with Crippen molar-refractivity contribution < 1.29 is 0 Å². The van der Waals surface area contributed by atoms with Gasteiger partial charge in [0.1, 0.15) is 0 Å². The fourth-order valence-electron chi connectivity index (χ4n) is 1.80. The summed E-state index contributed by atoms with van der Waals surface area (Å²) >= 11 is 5.81. The van der Waals surface area contributed by atoms with E-state index in [4.69, 9.17) is 11.6 Å². The van der Waals surface area contributed by atoms with Gasteiger partial charge in [-0.15, -0.1) is 0 Å². The maximum absolute atomic E-state index is 5.81. The van der Waals surface area contributed by atoms with E-state index in [1.165, 1.54) is 0 Å². The van der Waals surface area contributed by atoms with E-state index < -0.39 is 0 Å². The molecule has 0 unspecified atom stereocenters. The summed E-state index contributed by atoms with van der Waals surface area (Å²) in [6.07, 6.45) is 4.14. The fraction of sp³-hybridized carbons (Fsp3) is 0.455. The Bertz CT molecular complexity index is 460. The molecule has 4 heteroatoms. The lowest BCUT2D eigenvalue weighted by atomic mass is 9.99. The van der Waals surface area contributed by atoms with Crippen molar-refractivity contribution in [3.05, 3.63) is 29.2 Å². The summed E-state index contributed by atoms with van der Waals surface area (Å²) in [6, 6.07) is 3.81. The maximum Gasteiger partial charge on any atom is 0.156 e. The van der Waals surface area contributed by atoms with E-state index >= 15 is 0 Å². The number of fused-ring (bicyclic) bond motifs is 1. The van der Waals surface area contributed by atoms with Crippen LogP contribution < -0.4 is 0 Å². The zero-order chi connectivity index (χ0) is 10.8. The van der Waals surface area contributed by atoms with Gasteiger partial charge < -0.3 is 0 Å². The van der Waals surface area contributed by atoms with Crippen LogP contribution >= 0.6 is 11.6 Å². The van der Waals surface area contributed by atoms with Crippen LogP contribution in [0.5, 0.6) is 0 Å². The highest BCUT2D eigenvalue weighted by Crippen LogP contribution is 2.21. The van der Waals surface area contributed by atoms with E-state index in [2.05, 4.69) is 23.9 Å². The third-order valence-electron chi connectivity index (χ3n) is 2.72. The van der Waals surface area contributed by atoms with Crippen LogP contribution in [0.2, 0.25) is 5.15 Å². The van der Waals surface area contributed by atoms with Crippen LogP contribution in [0.1, 0.15) is 38.3 Å². The Balaban J connectivity index is 2.45. The molecule has 15 heavy (non-hydrogen) atoms. The van der Waals surface area contributed by atoms with Gasteiger partial charge in [0.15, 0.2) is 10.8 Å². The molecule has 2 aromatic rings. The van der Waals surface area contributed by atoms with Gasteiger partial charge in [0.2, 0.25) is 0 Å². The van der Waals surface area contributed by atoms with Gasteiger partial charge >= 0.3 is 0 Å². The molecule has 2 rings (SSSR count). The summed E-state index contributed by atoms with van der Waals surface area (Å²) in [5.74, 6) is 0.531. The van der Waals surface area contributed by atoms with Crippen molar-refractivity contribution in [2.45, 2.75) is 32.6 Å². The summed E-state index contributed by atoms with van der Waals surface area (Å²) in [7, 11) is 0. The van der Waals surface area contributed by atoms with Crippen LogP contribution in [-0.2, 0) is 0 Å². The molecule has 0 amide bonds. The van der Waals surface area contributed by atoms with E-state index in [1.54, 1.807) is 10.6 Å². The first-order chi connectivity index (χ1) is 7.24. The average molecular weight is 224 g/mol. The predicted octanol–water partition coefficient (Wildman–Crippen LogP) is 3.29. The number of hydrogen-bond acceptors (Lipinski definition) is 2. The molecule has 0 spiro atoms. The number of rotatable bonds is 3. The summed E-state index contributed by atoms with van der Waals surface area (Å²) in [6.45, 7) is 4.37. The molecule has 0 radical (unpaired) electrons. The third kappa shape index (κ3) is 1.97. The second kappa shape index (κ2) is 4.19. The first-order valence-corrected chi connectivity index (χ1v) is 5.64. The topological polar surface area (TPSA) is 30.2 Å². The minimum atomic E-state index is 0.490. The Morgan fingerprint density at radius 3 is 2.80 bits per heavy atom. The molecule has 80 valence electrons. The number of aromatic nitrogens is 3. The molecule has 0 N–H and O–H groups in total. The van der Waals surface area contributed by atoms with Crippen LogP contribution in [0, 0.1) is 0 Å². The zero-order valence-corrected chi connectivity index (χ0v) is 9.70. The van der Waals surface area contributed by atoms with Gasteiger partial charge in [-0.1, -0.05) is 25.4 Å². The predicted molar refractivity (Wildman–Crippen MR) is 61.3 cm³/mol. The van der Waals surface area contributed by atoms with E-state index in [9.17, 15) is 0 Å². The van der Waals surface area contributed by atoms with E-state index in [-0.39, 0.29) is 0 Å². The summed E-state index contributed by atoms with van der Waals surface area (Å²) in [5.41, 5.74) is 1.95. The fourth-order valence-corrected chi connectivity index (χ4v) is 1.98. The van der Waals surface area contributed by atoms with Crippen molar-refractivity contribution in [2.75, 3.05) is 0 Å². The molecule has 2 heterocycles. The van der Waals surface area contributed by atoms with Crippen LogP contribution in [0.3, 0.4) is 0 Å². The summed E-state index contributed by atoms with van der Waals surface area (Å²) < 4.78 is 1.70. The number of nitrogens with zero attached hydrogens (tertiary/aromatic N) is 3. The van der Waals surface area contributed by atoms with Crippen molar-refractivity contribution in [2.24, 2.45) is 0 Å². The molecule has 0 aliphatic heterocycles. The van der Waals surface area contributed by atoms with E-state index in [1.807, 2.05) is 12.3 Å². The largest absolute Gasteiger partial charge is 0.233 e. The smallest absolute Gasteiger partial charge is 0.156 e. The standard InChI is InChI=1S/C11H14ClN3/c1-3-8(4-2)9-5-6-15-11(13-9)7-10(12)14-15/h5-8H,3-4H2,1-2H3. The van der Waals surface area contributed by atoms with Crippen molar-refractivity contribution >= 4 is 17.2 Å². The maximum atomic E-state index is 5.81. The second-order valence-corrected chi connectivity index (χ2v) is 4.02. The number of hydrogen-bond donors (Lipinski definition) is 0. The highest BCUT2D eigenvalue weighted by Gasteiger charge is 2.09. The van der Waals surface area contributed by atoms with Gasteiger partial charge in [-0.05, 0) is 18.9 Å². The van der Waals surface area contributed by atoms with Crippen molar-refractivity contribution in [1.29, 1.82) is 0 Å². The Kier molecular flexibility index (Phi) is 2.91. The Morgan fingerprint density at radius 2 is 2.13 bits per heavy atom. The average Bonchev–Trinajstić information content (AvgIpc) is 2.59. The van der Waals surface area contributed by atoms with Crippen molar-refractivity contribution in [3.8, 4) is 0 Å². The molecule has 2 aromatic heterocycles. The first-order valence-electron chi connectivity index (χ1n) is 5.26. The first kappa shape index (κ1) is 10.4. The van der Waals surface area contributed by atoms with Crippen LogP contribution in [0.25, 0.3) is 5.65 Å². The highest BCUT2D eigenvalue weighted by molar-refractivity contribution is 6.29. The Hall–Kier alpha value is -1.09. The van der Waals surface area contributed by atoms with Crippen molar-refractivity contribution in [3.63, 3.8) is 0 Å². The number of halogens is 1. The molecule has 0 aliphatic rings. The van der Waals surface area contributed by atoms with Gasteiger partial charge in [0.05, 0.1) is 0 Å². The molecular formula is C11H14ClN3. The molecular weight excluding hydrogens is 210 g/mol. The van der Waals surface area contributed by atoms with Gasteiger partial charge in [-0.3, -0.25) is 0 Å². The molecule has 0 bridgehead atoms. The summed E-state index contributed by atoms with van der Waals surface area (Å²) in [5, 5.41) is 4.57. The molecule has 0 atom stereocenters. The minimum absolute atomic E-state index is 0.490. The van der Waals surface area contributed by atoms with Crippen LogP contribution in [-0.4, -0.2) is 14.6 Å². The third-order valence-corrected chi connectivity index (χ3v) is 2.90. The molecule has 0 aliphatic carbocycles. The van der Waals surface area contributed by atoms with E-state index in [0.717, 1.165) is 24.2 Å². The van der Waals surface area contributed by atoms with Gasteiger partial charge in [-0.2, -0.15) is 5.10 Å². The lowest BCUT2D eigenvalue weighted by molar-refractivity contribution is 0.622. The van der Waals surface area contributed by atoms with Crippen molar-refractivity contribution in [1.82, 2.24) is 14.6 Å². The minimum Gasteiger partial charge on any atom is -0.233 e. The highest BCUT2D eigenvalue weighted by atomic mass is 35.5. The molecule has 0 saturated heterocycles. The van der Waals surface area contributed by atoms with Gasteiger partial charge in [-0.25, -0.2) is 9.50 Å². The zero-order valence-electron chi connectivity index (χ0n) is 8.94. The van der Waals surface area contributed by atoms with Crippen LogP contribution in [0.15, 0.2) is 18.3 Å². The monoisotopic (exact) mass is 223 g/mol. The SMILES string of the molecule is CCC(CC)c1ccn2nc(Cl)cc2n1. The normalized spacial score (nSPS) is 11.5. The Morgan fingerprint density at radius 1 is 1.40 bits per heavy atom. The quantitative estimate of drug-likeness (QED) is 0.800. The summed E-state index contributed by atoms with van der Waals surface area (Å²) in [4.78, 5) is 4.55. The Labute approximate surface area is 94.1 Å². The van der Waals surface area contributed by atoms with Gasteiger partial charge in [0.25, 0.3) is 0 Å². The van der Waals surface area contributed by atoms with E-state index in [0.29, 0.717) is 11.1 Å². The second-order valence-electron chi connectivity index (χ2n) is 3.64. The molecule has 0 saturated carbocycles. The molecule has 0 aromatic carbocycles. The van der Waals surface area contributed by atoms with Crippen LogP contribution in [0.4, 0.5) is 0 Å².